The van der Waals surface area contributed by atoms with E-state index in [0.29, 0.717) is 5.69 Å². The molecule has 5 heteroatoms. The minimum atomic E-state index is -0.198. The van der Waals surface area contributed by atoms with Crippen molar-refractivity contribution in [1.29, 1.82) is 0 Å². The fraction of sp³-hybridized carbons (Fsp3) is 0.238. The third-order valence-corrected chi connectivity index (χ3v) is 4.51. The van der Waals surface area contributed by atoms with Crippen LogP contribution in [0.2, 0.25) is 0 Å². The molecule has 5 nitrogen and oxygen atoms in total. The van der Waals surface area contributed by atoms with Gasteiger partial charge < -0.3 is 15.4 Å². The molecule has 1 saturated carbocycles. The molecule has 0 radical (unpaired) electrons. The zero-order valence-electron chi connectivity index (χ0n) is 14.3. The number of rotatable bonds is 5. The summed E-state index contributed by atoms with van der Waals surface area (Å²) in [6.07, 6.45) is 6.17. The first-order valence-electron chi connectivity index (χ1n) is 8.83. The molecule has 2 aromatic rings. The molecule has 1 aliphatic carbocycles. The van der Waals surface area contributed by atoms with Crippen LogP contribution >= 0.6 is 0 Å². The monoisotopic (exact) mass is 348 g/mol. The van der Waals surface area contributed by atoms with Crippen molar-refractivity contribution in [3.63, 3.8) is 0 Å². The van der Waals surface area contributed by atoms with Crippen molar-refractivity contribution in [2.24, 2.45) is 5.92 Å². The summed E-state index contributed by atoms with van der Waals surface area (Å²) in [5, 5.41) is 5.69. The molecule has 0 bridgehead atoms. The maximum Gasteiger partial charge on any atom is 0.248 e. The quantitative estimate of drug-likeness (QED) is 0.811. The number of hydrogen-bond donors (Lipinski definition) is 2. The highest BCUT2D eigenvalue weighted by Gasteiger charge is 2.29. The van der Waals surface area contributed by atoms with Gasteiger partial charge >= 0.3 is 0 Å². The van der Waals surface area contributed by atoms with E-state index in [-0.39, 0.29) is 17.7 Å². The van der Waals surface area contributed by atoms with Crippen LogP contribution in [0.25, 0.3) is 6.08 Å². The predicted molar refractivity (Wildman–Crippen MR) is 101 cm³/mol. The molecular weight excluding hydrogens is 328 g/mol. The van der Waals surface area contributed by atoms with E-state index in [0.717, 1.165) is 42.9 Å². The number of anilines is 2. The number of amides is 2. The molecule has 2 aliphatic rings. The summed E-state index contributed by atoms with van der Waals surface area (Å²) in [4.78, 5) is 23.8. The Morgan fingerprint density at radius 2 is 1.73 bits per heavy atom. The topological polar surface area (TPSA) is 67.4 Å². The number of nitrogens with one attached hydrogen (secondary N) is 2. The van der Waals surface area contributed by atoms with Crippen LogP contribution in [-0.4, -0.2) is 18.4 Å². The Balaban J connectivity index is 1.33. The van der Waals surface area contributed by atoms with Crippen LogP contribution in [0, 0.1) is 5.92 Å². The second-order valence-electron chi connectivity index (χ2n) is 6.63. The van der Waals surface area contributed by atoms with Crippen molar-refractivity contribution >= 4 is 29.3 Å². The van der Waals surface area contributed by atoms with Gasteiger partial charge in [0.1, 0.15) is 5.75 Å². The summed E-state index contributed by atoms with van der Waals surface area (Å²) in [7, 11) is 0. The van der Waals surface area contributed by atoms with Gasteiger partial charge in [0.15, 0.2) is 0 Å². The van der Waals surface area contributed by atoms with Crippen LogP contribution in [0.3, 0.4) is 0 Å². The largest absolute Gasteiger partial charge is 0.493 e. The Labute approximate surface area is 152 Å². The van der Waals surface area contributed by atoms with E-state index < -0.39 is 0 Å². The molecule has 0 saturated heterocycles. The Bertz CT molecular complexity index is 867. The Hall–Kier alpha value is -3.08. The van der Waals surface area contributed by atoms with Crippen LogP contribution in [0.1, 0.15) is 24.0 Å². The van der Waals surface area contributed by atoms with Crippen LogP contribution in [0.5, 0.6) is 5.75 Å². The number of benzene rings is 2. The molecule has 1 fully saturated rings. The van der Waals surface area contributed by atoms with E-state index in [1.807, 2.05) is 18.2 Å². The fourth-order valence-electron chi connectivity index (χ4n) is 2.89. The van der Waals surface area contributed by atoms with Gasteiger partial charge in [0.2, 0.25) is 11.8 Å². The Kier molecular flexibility index (Phi) is 4.44. The second-order valence-corrected chi connectivity index (χ2v) is 6.63. The molecular formula is C21H20N2O3. The SMILES string of the molecule is O=C(C=Cc1ccc2c(c1)CCO2)Nc1ccc(NC(=O)C2CC2)cc1. The second kappa shape index (κ2) is 7.04. The molecule has 26 heavy (non-hydrogen) atoms. The molecule has 1 heterocycles. The molecule has 2 amide bonds. The zero-order valence-corrected chi connectivity index (χ0v) is 14.3. The van der Waals surface area contributed by atoms with Crippen LogP contribution in [0.4, 0.5) is 11.4 Å². The van der Waals surface area contributed by atoms with Gasteiger partial charge in [-0.1, -0.05) is 6.07 Å². The highest BCUT2D eigenvalue weighted by atomic mass is 16.5. The number of carbonyl (C=O) groups is 2. The lowest BCUT2D eigenvalue weighted by molar-refractivity contribution is -0.117. The molecule has 2 N–H and O–H groups in total. The molecule has 132 valence electrons. The average Bonchev–Trinajstić information content (AvgIpc) is 3.40. The number of hydrogen-bond acceptors (Lipinski definition) is 3. The van der Waals surface area contributed by atoms with Gasteiger partial charge in [0.05, 0.1) is 6.61 Å². The van der Waals surface area contributed by atoms with Crippen LogP contribution in [0.15, 0.2) is 48.5 Å². The molecule has 0 spiro atoms. The highest BCUT2D eigenvalue weighted by Crippen LogP contribution is 2.30. The van der Waals surface area contributed by atoms with Crippen molar-refractivity contribution in [3.05, 3.63) is 59.7 Å². The summed E-state index contributed by atoms with van der Waals surface area (Å²) in [5.41, 5.74) is 3.58. The first-order chi connectivity index (χ1) is 12.7. The van der Waals surface area contributed by atoms with Crippen LogP contribution in [-0.2, 0) is 16.0 Å². The zero-order chi connectivity index (χ0) is 17.9. The van der Waals surface area contributed by atoms with E-state index in [9.17, 15) is 9.59 Å². The van der Waals surface area contributed by atoms with Crippen molar-refractivity contribution in [3.8, 4) is 5.75 Å². The summed E-state index contributed by atoms with van der Waals surface area (Å²) < 4.78 is 5.48. The first kappa shape index (κ1) is 16.4. The molecule has 4 rings (SSSR count). The maximum atomic E-state index is 12.1. The normalized spacial score (nSPS) is 15.4. The predicted octanol–water partition coefficient (Wildman–Crippen LogP) is 3.62. The van der Waals surface area contributed by atoms with Crippen molar-refractivity contribution < 1.29 is 14.3 Å². The molecule has 2 aromatic carbocycles. The lowest BCUT2D eigenvalue weighted by Gasteiger charge is -2.06. The smallest absolute Gasteiger partial charge is 0.248 e. The average molecular weight is 348 g/mol. The first-order valence-corrected chi connectivity index (χ1v) is 8.83. The molecule has 0 unspecified atom stereocenters. The fourth-order valence-corrected chi connectivity index (χ4v) is 2.89. The summed E-state index contributed by atoms with van der Waals surface area (Å²) in [6.45, 7) is 0.722. The van der Waals surface area contributed by atoms with Crippen LogP contribution < -0.4 is 15.4 Å². The van der Waals surface area contributed by atoms with E-state index >= 15 is 0 Å². The van der Waals surface area contributed by atoms with Gasteiger partial charge in [-0.15, -0.1) is 0 Å². The number of ether oxygens (including phenoxy) is 1. The van der Waals surface area contributed by atoms with Gasteiger partial charge in [-0.05, 0) is 66.4 Å². The molecule has 0 aromatic heterocycles. The van der Waals surface area contributed by atoms with E-state index in [1.54, 1.807) is 30.3 Å². The van der Waals surface area contributed by atoms with Gasteiger partial charge in [0.25, 0.3) is 0 Å². The lowest BCUT2D eigenvalue weighted by atomic mass is 10.1. The third kappa shape index (κ3) is 3.94. The minimum absolute atomic E-state index is 0.0736. The minimum Gasteiger partial charge on any atom is -0.493 e. The molecule has 0 atom stereocenters. The Morgan fingerprint density at radius 1 is 1.00 bits per heavy atom. The van der Waals surface area contributed by atoms with Crippen molar-refractivity contribution in [2.75, 3.05) is 17.2 Å². The van der Waals surface area contributed by atoms with Gasteiger partial charge in [0, 0.05) is 29.8 Å². The van der Waals surface area contributed by atoms with Gasteiger partial charge in [-0.2, -0.15) is 0 Å². The number of carbonyl (C=O) groups excluding carboxylic acids is 2. The van der Waals surface area contributed by atoms with Gasteiger partial charge in [-0.3, -0.25) is 9.59 Å². The summed E-state index contributed by atoms with van der Waals surface area (Å²) in [6, 6.07) is 13.1. The third-order valence-electron chi connectivity index (χ3n) is 4.51. The van der Waals surface area contributed by atoms with E-state index in [2.05, 4.69) is 10.6 Å². The van der Waals surface area contributed by atoms with Crippen molar-refractivity contribution in [1.82, 2.24) is 0 Å². The molecule has 1 aliphatic heterocycles. The van der Waals surface area contributed by atoms with E-state index in [4.69, 9.17) is 4.74 Å². The van der Waals surface area contributed by atoms with Crippen molar-refractivity contribution in [2.45, 2.75) is 19.3 Å². The summed E-state index contributed by atoms with van der Waals surface area (Å²) in [5.74, 6) is 0.978. The maximum absolute atomic E-state index is 12.1. The standard InChI is InChI=1S/C21H20N2O3/c24-20(10-2-14-1-9-19-16(13-14)11-12-26-19)22-17-5-7-18(8-6-17)23-21(25)15-3-4-15/h1-2,5-10,13,15H,3-4,11-12H2,(H,22,24)(H,23,25). The number of fused-ring (bicyclic) bond motifs is 1. The van der Waals surface area contributed by atoms with E-state index in [1.165, 1.54) is 11.6 Å². The van der Waals surface area contributed by atoms with Gasteiger partial charge in [-0.25, -0.2) is 0 Å². The lowest BCUT2D eigenvalue weighted by Crippen LogP contribution is -2.13. The Morgan fingerprint density at radius 3 is 2.46 bits per heavy atom. The summed E-state index contributed by atoms with van der Waals surface area (Å²) >= 11 is 0. The highest BCUT2D eigenvalue weighted by molar-refractivity contribution is 6.02.